The Morgan fingerprint density at radius 3 is 2.88 bits per heavy atom. The van der Waals surface area contributed by atoms with Crippen molar-refractivity contribution in [3.05, 3.63) is 41.2 Å². The molecule has 2 aliphatic heterocycles. The number of carbonyl (C=O) groups is 1. The van der Waals surface area contributed by atoms with Crippen LogP contribution in [0.2, 0.25) is 0 Å². The van der Waals surface area contributed by atoms with E-state index in [9.17, 15) is 4.79 Å². The van der Waals surface area contributed by atoms with Gasteiger partial charge in [-0.3, -0.25) is 9.69 Å². The molecule has 1 N–H and O–H groups in total. The molecule has 0 saturated carbocycles. The lowest BCUT2D eigenvalue weighted by molar-refractivity contribution is -0.181. The van der Waals surface area contributed by atoms with Gasteiger partial charge in [0.15, 0.2) is 5.76 Å². The van der Waals surface area contributed by atoms with Gasteiger partial charge in [0.1, 0.15) is 5.76 Å². The van der Waals surface area contributed by atoms with Crippen LogP contribution in [-0.2, 0) is 11.3 Å². The van der Waals surface area contributed by atoms with Crippen molar-refractivity contribution in [2.24, 2.45) is 5.92 Å². The molecule has 1 atom stereocenters. The molecule has 140 valence electrons. The van der Waals surface area contributed by atoms with Gasteiger partial charge in [0.25, 0.3) is 5.91 Å². The molecule has 7 nitrogen and oxygen atoms in total. The van der Waals surface area contributed by atoms with Gasteiger partial charge in [0.2, 0.25) is 0 Å². The molecule has 2 saturated heterocycles. The van der Waals surface area contributed by atoms with E-state index >= 15 is 0 Å². The van der Waals surface area contributed by atoms with Gasteiger partial charge in [0.05, 0.1) is 24.2 Å². The summed E-state index contributed by atoms with van der Waals surface area (Å²) in [6.45, 7) is 8.03. The van der Waals surface area contributed by atoms with Crippen molar-refractivity contribution in [1.29, 1.82) is 0 Å². The molecule has 2 aliphatic rings. The molecule has 0 unspecified atom stereocenters. The van der Waals surface area contributed by atoms with Crippen molar-refractivity contribution < 1.29 is 18.5 Å². The largest absolute Gasteiger partial charge is 0.459 e. The van der Waals surface area contributed by atoms with Gasteiger partial charge in [-0.25, -0.2) is 0 Å². The minimum atomic E-state index is -0.162. The van der Waals surface area contributed by atoms with Gasteiger partial charge in [-0.1, -0.05) is 5.16 Å². The standard InChI is InChI=1S/C19H25N3O4/c1-13-16(14(2)26-21-13)9-22-11-19(12-22)6-5-15(10-25-19)8-20-18(23)17-4-3-7-24-17/h3-4,7,15H,5-6,8-12H2,1-2H3,(H,20,23)/t15-/m0/s1. The minimum Gasteiger partial charge on any atom is -0.459 e. The summed E-state index contributed by atoms with van der Waals surface area (Å²) in [5.74, 6) is 1.45. The zero-order valence-electron chi connectivity index (χ0n) is 15.3. The highest BCUT2D eigenvalue weighted by Gasteiger charge is 2.46. The van der Waals surface area contributed by atoms with Crippen LogP contribution in [0, 0.1) is 19.8 Å². The Labute approximate surface area is 152 Å². The molecular formula is C19H25N3O4. The average molecular weight is 359 g/mol. The van der Waals surface area contributed by atoms with Crippen LogP contribution in [0.1, 0.15) is 40.4 Å². The number of aromatic nitrogens is 1. The Balaban J connectivity index is 1.20. The van der Waals surface area contributed by atoms with Crippen LogP contribution in [0.4, 0.5) is 0 Å². The fourth-order valence-corrected chi connectivity index (χ4v) is 3.89. The van der Waals surface area contributed by atoms with Crippen molar-refractivity contribution in [3.63, 3.8) is 0 Å². The van der Waals surface area contributed by atoms with E-state index in [2.05, 4.69) is 15.4 Å². The van der Waals surface area contributed by atoms with Crippen LogP contribution in [0.25, 0.3) is 0 Å². The highest BCUT2D eigenvalue weighted by atomic mass is 16.5. The summed E-state index contributed by atoms with van der Waals surface area (Å²) in [6.07, 6.45) is 3.61. The van der Waals surface area contributed by atoms with E-state index in [0.29, 0.717) is 24.8 Å². The lowest BCUT2D eigenvalue weighted by Gasteiger charge is -2.53. The number of nitrogens with one attached hydrogen (secondary N) is 1. The summed E-state index contributed by atoms with van der Waals surface area (Å²) in [5.41, 5.74) is 2.15. The Hall–Kier alpha value is -2.12. The molecule has 26 heavy (non-hydrogen) atoms. The van der Waals surface area contributed by atoms with Crippen molar-refractivity contribution in [2.45, 2.75) is 38.8 Å². The van der Waals surface area contributed by atoms with Crippen molar-refractivity contribution in [1.82, 2.24) is 15.4 Å². The number of nitrogens with zero attached hydrogens (tertiary/aromatic N) is 2. The first-order valence-electron chi connectivity index (χ1n) is 9.14. The van der Waals surface area contributed by atoms with E-state index in [-0.39, 0.29) is 11.5 Å². The molecule has 0 aromatic carbocycles. The number of rotatable bonds is 5. The van der Waals surface area contributed by atoms with Gasteiger partial charge in [-0.2, -0.15) is 0 Å². The van der Waals surface area contributed by atoms with E-state index < -0.39 is 0 Å². The predicted molar refractivity (Wildman–Crippen MR) is 93.7 cm³/mol. The van der Waals surface area contributed by atoms with E-state index in [4.69, 9.17) is 13.7 Å². The van der Waals surface area contributed by atoms with Crippen LogP contribution in [0.15, 0.2) is 27.3 Å². The number of hydrogen-bond acceptors (Lipinski definition) is 6. The van der Waals surface area contributed by atoms with Crippen LogP contribution < -0.4 is 5.32 Å². The van der Waals surface area contributed by atoms with Gasteiger partial charge in [-0.05, 0) is 44.7 Å². The maximum absolute atomic E-state index is 11.9. The third kappa shape index (κ3) is 3.41. The van der Waals surface area contributed by atoms with Gasteiger partial charge < -0.3 is 19.0 Å². The molecule has 2 aromatic heterocycles. The smallest absolute Gasteiger partial charge is 0.286 e. The number of amides is 1. The third-order valence-electron chi connectivity index (χ3n) is 5.52. The Bertz CT molecular complexity index is 732. The number of furan rings is 1. The second-order valence-electron chi connectivity index (χ2n) is 7.53. The van der Waals surface area contributed by atoms with Crippen molar-refractivity contribution in [2.75, 3.05) is 26.2 Å². The zero-order valence-corrected chi connectivity index (χ0v) is 15.3. The quantitative estimate of drug-likeness (QED) is 0.882. The van der Waals surface area contributed by atoms with Crippen molar-refractivity contribution in [3.8, 4) is 0 Å². The lowest BCUT2D eigenvalue weighted by Crippen LogP contribution is -2.64. The van der Waals surface area contributed by atoms with Crippen LogP contribution in [0.5, 0.6) is 0 Å². The number of ether oxygens (including phenoxy) is 1. The maximum atomic E-state index is 11.9. The summed E-state index contributed by atoms with van der Waals surface area (Å²) in [4.78, 5) is 14.3. The molecule has 4 rings (SSSR count). The van der Waals surface area contributed by atoms with Crippen LogP contribution >= 0.6 is 0 Å². The monoisotopic (exact) mass is 359 g/mol. The summed E-state index contributed by atoms with van der Waals surface area (Å²) in [7, 11) is 0. The molecule has 2 fully saturated rings. The maximum Gasteiger partial charge on any atom is 0.286 e. The summed E-state index contributed by atoms with van der Waals surface area (Å²) in [5, 5.41) is 6.95. The highest BCUT2D eigenvalue weighted by Crippen LogP contribution is 2.37. The second-order valence-corrected chi connectivity index (χ2v) is 7.53. The SMILES string of the molecule is Cc1noc(C)c1CN1CC2(CC[C@@H](CNC(=O)c3ccco3)CO2)C1. The predicted octanol–water partition coefficient (Wildman–Crippen LogP) is 2.30. The topological polar surface area (TPSA) is 80.7 Å². The van der Waals surface area contributed by atoms with Crippen LogP contribution in [-0.4, -0.2) is 47.8 Å². The van der Waals surface area contributed by atoms with E-state index in [1.54, 1.807) is 12.1 Å². The third-order valence-corrected chi connectivity index (χ3v) is 5.52. The lowest BCUT2D eigenvalue weighted by atomic mass is 9.82. The molecule has 1 spiro atoms. The minimum absolute atomic E-state index is 0.0134. The Morgan fingerprint density at radius 2 is 2.27 bits per heavy atom. The number of hydrogen-bond donors (Lipinski definition) is 1. The summed E-state index contributed by atoms with van der Waals surface area (Å²) in [6, 6.07) is 3.39. The van der Waals surface area contributed by atoms with E-state index in [1.807, 2.05) is 13.8 Å². The first kappa shape index (κ1) is 17.3. The fourth-order valence-electron chi connectivity index (χ4n) is 3.89. The molecule has 7 heteroatoms. The average Bonchev–Trinajstić information content (AvgIpc) is 3.25. The zero-order chi connectivity index (χ0) is 18.1. The highest BCUT2D eigenvalue weighted by molar-refractivity contribution is 5.91. The number of carbonyl (C=O) groups excluding carboxylic acids is 1. The normalized spacial score (nSPS) is 22.3. The fraction of sp³-hybridized carbons (Fsp3) is 0.579. The molecule has 2 aromatic rings. The molecule has 4 heterocycles. The van der Waals surface area contributed by atoms with E-state index in [1.165, 1.54) is 11.8 Å². The molecule has 0 aliphatic carbocycles. The van der Waals surface area contributed by atoms with Gasteiger partial charge >= 0.3 is 0 Å². The van der Waals surface area contributed by atoms with Crippen molar-refractivity contribution >= 4 is 5.91 Å². The Kier molecular flexibility index (Phi) is 4.58. The molecule has 1 amide bonds. The number of aryl methyl sites for hydroxylation is 2. The van der Waals surface area contributed by atoms with Gasteiger partial charge in [-0.15, -0.1) is 0 Å². The molecule has 0 radical (unpaired) electrons. The van der Waals surface area contributed by atoms with Gasteiger partial charge in [0, 0.05) is 31.7 Å². The molecule has 0 bridgehead atoms. The number of likely N-dealkylation sites (tertiary alicyclic amines) is 1. The first-order chi connectivity index (χ1) is 12.5. The summed E-state index contributed by atoms with van der Waals surface area (Å²) >= 11 is 0. The van der Waals surface area contributed by atoms with Crippen LogP contribution in [0.3, 0.4) is 0 Å². The second kappa shape index (κ2) is 6.89. The first-order valence-corrected chi connectivity index (χ1v) is 9.14. The summed E-state index contributed by atoms with van der Waals surface area (Å²) < 4.78 is 16.5. The van der Waals surface area contributed by atoms with E-state index in [0.717, 1.165) is 43.9 Å². The molecular weight excluding hydrogens is 334 g/mol. The Morgan fingerprint density at radius 1 is 1.42 bits per heavy atom.